The van der Waals surface area contributed by atoms with Gasteiger partial charge in [-0.15, -0.1) is 0 Å². The molecular formula is C31H34N4O4S. The number of aromatic nitrogens is 1. The van der Waals surface area contributed by atoms with Crippen molar-refractivity contribution in [3.05, 3.63) is 107 Å². The zero-order chi connectivity index (χ0) is 28.9. The van der Waals surface area contributed by atoms with Gasteiger partial charge in [0.1, 0.15) is 12.3 Å². The van der Waals surface area contributed by atoms with Crippen molar-refractivity contribution in [2.24, 2.45) is 5.10 Å². The van der Waals surface area contributed by atoms with Gasteiger partial charge in [-0.25, -0.2) is 13.8 Å². The minimum atomic E-state index is -4.08. The number of nitrogens with one attached hydrogen (secondary N) is 1. The molecule has 9 heteroatoms. The van der Waals surface area contributed by atoms with Crippen LogP contribution in [-0.4, -0.2) is 38.3 Å². The van der Waals surface area contributed by atoms with Gasteiger partial charge < -0.3 is 9.30 Å². The molecule has 0 atom stereocenters. The molecule has 0 unspecified atom stereocenters. The second kappa shape index (κ2) is 12.2. The third-order valence-corrected chi connectivity index (χ3v) is 8.28. The highest BCUT2D eigenvalue weighted by Gasteiger charge is 2.29. The summed E-state index contributed by atoms with van der Waals surface area (Å²) in [4.78, 5) is 13.1. The number of benzene rings is 3. The SMILES string of the molecule is CCOc1ccccc1N(CC(=O)N/N=C\c1cc(C)n(-c2ccc(C)cc2C)c1C)S(=O)(=O)c1ccccc1. The number of hydrazone groups is 1. The fourth-order valence-electron chi connectivity index (χ4n) is 4.64. The average Bonchev–Trinajstić information content (AvgIpc) is 3.21. The summed E-state index contributed by atoms with van der Waals surface area (Å²) < 4.78 is 36.1. The van der Waals surface area contributed by atoms with E-state index in [0.29, 0.717) is 12.4 Å². The lowest BCUT2D eigenvalue weighted by Crippen LogP contribution is -2.39. The first kappa shape index (κ1) is 28.6. The van der Waals surface area contributed by atoms with Crippen molar-refractivity contribution >= 4 is 27.8 Å². The number of sulfonamides is 1. The summed E-state index contributed by atoms with van der Waals surface area (Å²) in [5.74, 6) is -0.232. The summed E-state index contributed by atoms with van der Waals surface area (Å²) in [6, 6.07) is 23.0. The number of hydrogen-bond acceptors (Lipinski definition) is 5. The molecule has 4 aromatic rings. The van der Waals surface area contributed by atoms with Crippen LogP contribution in [0.1, 0.15) is 35.0 Å². The van der Waals surface area contributed by atoms with Crippen molar-refractivity contribution in [3.63, 3.8) is 0 Å². The first-order chi connectivity index (χ1) is 19.1. The van der Waals surface area contributed by atoms with E-state index >= 15 is 0 Å². The highest BCUT2D eigenvalue weighted by Crippen LogP contribution is 2.32. The van der Waals surface area contributed by atoms with Gasteiger partial charge in [0, 0.05) is 22.6 Å². The van der Waals surface area contributed by atoms with Gasteiger partial charge in [0.15, 0.2) is 0 Å². The monoisotopic (exact) mass is 558 g/mol. The summed E-state index contributed by atoms with van der Waals surface area (Å²) in [5, 5.41) is 4.16. The third-order valence-electron chi connectivity index (χ3n) is 6.51. The Bertz CT molecular complexity index is 1640. The zero-order valence-corrected chi connectivity index (χ0v) is 24.2. The predicted octanol–water partition coefficient (Wildman–Crippen LogP) is 5.46. The van der Waals surface area contributed by atoms with Gasteiger partial charge in [0.05, 0.1) is 23.4 Å². The Hall–Kier alpha value is -4.37. The number of para-hydroxylation sites is 2. The Kier molecular flexibility index (Phi) is 8.74. The Morgan fingerprint density at radius 2 is 1.68 bits per heavy atom. The van der Waals surface area contributed by atoms with Crippen LogP contribution in [0.4, 0.5) is 5.69 Å². The van der Waals surface area contributed by atoms with Crippen LogP contribution in [0.2, 0.25) is 0 Å². The van der Waals surface area contributed by atoms with E-state index in [9.17, 15) is 13.2 Å². The van der Waals surface area contributed by atoms with Gasteiger partial charge in [0.2, 0.25) is 0 Å². The van der Waals surface area contributed by atoms with Crippen LogP contribution in [0.3, 0.4) is 0 Å². The van der Waals surface area contributed by atoms with Crippen LogP contribution in [0, 0.1) is 27.7 Å². The van der Waals surface area contributed by atoms with E-state index in [-0.39, 0.29) is 10.6 Å². The van der Waals surface area contributed by atoms with Gasteiger partial charge in [-0.3, -0.25) is 9.10 Å². The fourth-order valence-corrected chi connectivity index (χ4v) is 6.10. The number of ether oxygens (including phenoxy) is 1. The van der Waals surface area contributed by atoms with E-state index in [1.54, 1.807) is 48.7 Å². The average molecular weight is 559 g/mol. The minimum absolute atomic E-state index is 0.0661. The summed E-state index contributed by atoms with van der Waals surface area (Å²) in [6.07, 6.45) is 1.57. The van der Waals surface area contributed by atoms with Gasteiger partial charge >= 0.3 is 0 Å². The number of carbonyl (C=O) groups is 1. The molecule has 0 saturated carbocycles. The van der Waals surface area contributed by atoms with Crippen molar-refractivity contribution in [3.8, 4) is 11.4 Å². The lowest BCUT2D eigenvalue weighted by Gasteiger charge is -2.25. The van der Waals surface area contributed by atoms with Crippen molar-refractivity contribution in [2.45, 2.75) is 39.5 Å². The standard InChI is InChI=1S/C31H34N4O4S/c1-6-39-30-15-11-10-14-29(30)34(40(37,38)27-12-8-7-9-13-27)21-31(36)33-32-20-26-19-24(4)35(25(26)5)28-17-16-22(2)18-23(28)3/h7-20H,6,21H2,1-5H3,(H,33,36)/b32-20-. The Morgan fingerprint density at radius 3 is 2.38 bits per heavy atom. The molecule has 3 aromatic carbocycles. The van der Waals surface area contributed by atoms with E-state index in [1.807, 2.05) is 26.8 Å². The summed E-state index contributed by atoms with van der Waals surface area (Å²) in [6.45, 7) is 9.82. The second-order valence-corrected chi connectivity index (χ2v) is 11.3. The second-order valence-electron chi connectivity index (χ2n) is 9.47. The Morgan fingerprint density at radius 1 is 0.975 bits per heavy atom. The molecule has 1 amide bonds. The van der Waals surface area contributed by atoms with Crippen LogP contribution >= 0.6 is 0 Å². The van der Waals surface area contributed by atoms with Crippen LogP contribution in [0.15, 0.2) is 88.9 Å². The van der Waals surface area contributed by atoms with E-state index in [0.717, 1.165) is 32.5 Å². The van der Waals surface area contributed by atoms with Crippen LogP contribution < -0.4 is 14.5 Å². The van der Waals surface area contributed by atoms with Gasteiger partial charge in [-0.2, -0.15) is 5.10 Å². The Balaban J connectivity index is 1.59. The van der Waals surface area contributed by atoms with Crippen molar-refractivity contribution in [2.75, 3.05) is 17.5 Å². The molecular weight excluding hydrogens is 524 g/mol. The molecule has 4 rings (SSSR count). The maximum absolute atomic E-state index is 13.6. The lowest BCUT2D eigenvalue weighted by molar-refractivity contribution is -0.119. The molecule has 0 fully saturated rings. The molecule has 1 N–H and O–H groups in total. The van der Waals surface area contributed by atoms with Crippen molar-refractivity contribution < 1.29 is 17.9 Å². The number of nitrogens with zero attached hydrogens (tertiary/aromatic N) is 3. The minimum Gasteiger partial charge on any atom is -0.492 e. The molecule has 0 radical (unpaired) electrons. The first-order valence-corrected chi connectivity index (χ1v) is 14.5. The number of amides is 1. The molecule has 8 nitrogen and oxygen atoms in total. The highest BCUT2D eigenvalue weighted by molar-refractivity contribution is 7.92. The molecule has 0 saturated heterocycles. The van der Waals surface area contributed by atoms with E-state index < -0.39 is 22.5 Å². The molecule has 1 aromatic heterocycles. The third kappa shape index (κ3) is 6.10. The molecule has 1 heterocycles. The van der Waals surface area contributed by atoms with Crippen LogP contribution in [0.25, 0.3) is 5.69 Å². The molecule has 0 aliphatic carbocycles. The van der Waals surface area contributed by atoms with Crippen LogP contribution in [-0.2, 0) is 14.8 Å². The van der Waals surface area contributed by atoms with Crippen LogP contribution in [0.5, 0.6) is 5.75 Å². The molecule has 0 aliphatic rings. The lowest BCUT2D eigenvalue weighted by atomic mass is 10.1. The number of aryl methyl sites for hydroxylation is 3. The topological polar surface area (TPSA) is 93.0 Å². The zero-order valence-electron chi connectivity index (χ0n) is 23.4. The summed E-state index contributed by atoms with van der Waals surface area (Å²) >= 11 is 0. The summed E-state index contributed by atoms with van der Waals surface area (Å²) in [5.41, 5.74) is 9.05. The van der Waals surface area contributed by atoms with Crippen molar-refractivity contribution in [1.82, 2.24) is 9.99 Å². The number of rotatable bonds is 10. The maximum atomic E-state index is 13.6. The van der Waals surface area contributed by atoms with Gasteiger partial charge in [-0.05, 0) is 76.6 Å². The molecule has 208 valence electrons. The quantitative estimate of drug-likeness (QED) is 0.207. The normalized spacial score (nSPS) is 11.5. The van der Waals surface area contributed by atoms with Crippen molar-refractivity contribution in [1.29, 1.82) is 0 Å². The number of anilines is 1. The first-order valence-electron chi connectivity index (χ1n) is 13.0. The molecule has 0 spiro atoms. The number of hydrogen-bond donors (Lipinski definition) is 1. The Labute approximate surface area is 236 Å². The predicted molar refractivity (Wildman–Crippen MR) is 159 cm³/mol. The summed E-state index contributed by atoms with van der Waals surface area (Å²) in [7, 11) is -4.08. The maximum Gasteiger partial charge on any atom is 0.264 e. The smallest absolute Gasteiger partial charge is 0.264 e. The number of carbonyl (C=O) groups excluding carboxylic acids is 1. The fraction of sp³-hybridized carbons (Fsp3) is 0.226. The largest absolute Gasteiger partial charge is 0.492 e. The molecule has 0 aliphatic heterocycles. The highest BCUT2D eigenvalue weighted by atomic mass is 32.2. The molecule has 0 bridgehead atoms. The van der Waals surface area contributed by atoms with E-state index in [1.165, 1.54) is 17.7 Å². The van der Waals surface area contributed by atoms with Gasteiger partial charge in [0.25, 0.3) is 15.9 Å². The van der Waals surface area contributed by atoms with E-state index in [4.69, 9.17) is 4.74 Å². The van der Waals surface area contributed by atoms with E-state index in [2.05, 4.69) is 47.1 Å². The molecule has 40 heavy (non-hydrogen) atoms. The van der Waals surface area contributed by atoms with Gasteiger partial charge in [-0.1, -0.05) is 48.0 Å².